The Morgan fingerprint density at radius 1 is 1.08 bits per heavy atom. The first-order chi connectivity index (χ1) is 12.2. The molecular formula is C18H20ClFN2O3S. The van der Waals surface area contributed by atoms with Crippen LogP contribution in [0.15, 0.2) is 48.5 Å². The van der Waals surface area contributed by atoms with Crippen LogP contribution in [0.25, 0.3) is 0 Å². The van der Waals surface area contributed by atoms with Crippen molar-refractivity contribution < 1.29 is 17.6 Å². The molecule has 0 aliphatic carbocycles. The van der Waals surface area contributed by atoms with Crippen molar-refractivity contribution in [2.24, 2.45) is 0 Å². The Hall–Kier alpha value is -1.96. The van der Waals surface area contributed by atoms with E-state index in [1.807, 2.05) is 12.1 Å². The lowest BCUT2D eigenvalue weighted by atomic mass is 10.1. The summed E-state index contributed by atoms with van der Waals surface area (Å²) in [5.41, 5.74) is 1.42. The number of carbonyl (C=O) groups excluding carboxylic acids is 1. The van der Waals surface area contributed by atoms with E-state index in [1.54, 1.807) is 12.1 Å². The molecule has 26 heavy (non-hydrogen) atoms. The summed E-state index contributed by atoms with van der Waals surface area (Å²) in [6, 6.07) is 12.5. The minimum Gasteiger partial charge on any atom is -0.326 e. The molecule has 2 aromatic rings. The van der Waals surface area contributed by atoms with E-state index in [4.69, 9.17) is 11.6 Å². The van der Waals surface area contributed by atoms with Gasteiger partial charge in [0.25, 0.3) is 0 Å². The topological polar surface area (TPSA) is 66.5 Å². The number of hydrogen-bond donors (Lipinski definition) is 1. The van der Waals surface area contributed by atoms with Crippen molar-refractivity contribution in [3.05, 3.63) is 64.9 Å². The molecule has 0 atom stereocenters. The zero-order valence-electron chi connectivity index (χ0n) is 14.3. The molecular weight excluding hydrogens is 379 g/mol. The van der Waals surface area contributed by atoms with Gasteiger partial charge in [0.15, 0.2) is 0 Å². The van der Waals surface area contributed by atoms with E-state index < -0.39 is 15.8 Å². The van der Waals surface area contributed by atoms with Crippen molar-refractivity contribution in [1.29, 1.82) is 0 Å². The van der Waals surface area contributed by atoms with E-state index >= 15 is 0 Å². The van der Waals surface area contributed by atoms with Crippen molar-refractivity contribution in [3.63, 3.8) is 0 Å². The fraction of sp³-hybridized carbons (Fsp3) is 0.278. The Morgan fingerprint density at radius 3 is 2.27 bits per heavy atom. The number of nitrogens with zero attached hydrogens (tertiary/aromatic N) is 1. The summed E-state index contributed by atoms with van der Waals surface area (Å²) in [5.74, 6) is -0.731. The van der Waals surface area contributed by atoms with Gasteiger partial charge in [-0.25, -0.2) is 17.1 Å². The average Bonchev–Trinajstić information content (AvgIpc) is 2.57. The van der Waals surface area contributed by atoms with Crippen LogP contribution >= 0.6 is 11.6 Å². The van der Waals surface area contributed by atoms with Crippen LogP contribution in [0, 0.1) is 5.82 Å². The number of nitrogens with one attached hydrogen (secondary N) is 1. The zero-order chi connectivity index (χ0) is 19.2. The second-order valence-electron chi connectivity index (χ2n) is 5.84. The smallest absolute Gasteiger partial charge is 0.225 e. The lowest BCUT2D eigenvalue weighted by Gasteiger charge is -2.19. The molecule has 5 nitrogen and oxygen atoms in total. The molecule has 2 rings (SSSR count). The fourth-order valence-electron chi connectivity index (χ4n) is 2.33. The SMILES string of the molecule is CS(=O)(=O)N(CCC(=O)Nc1ccc(F)cc1)CCc1ccc(Cl)cc1. The highest BCUT2D eigenvalue weighted by Crippen LogP contribution is 2.12. The highest BCUT2D eigenvalue weighted by Gasteiger charge is 2.17. The van der Waals surface area contributed by atoms with E-state index in [0.29, 0.717) is 17.1 Å². The predicted molar refractivity (Wildman–Crippen MR) is 101 cm³/mol. The molecule has 0 aliphatic rings. The molecule has 0 saturated carbocycles. The maximum Gasteiger partial charge on any atom is 0.225 e. The standard InChI is InChI=1S/C18H20ClFN2O3S/c1-26(24,25)22(12-10-14-2-4-15(19)5-3-14)13-11-18(23)21-17-8-6-16(20)7-9-17/h2-9H,10-13H2,1H3,(H,21,23). The molecule has 2 aromatic carbocycles. The molecule has 0 aromatic heterocycles. The van der Waals surface area contributed by atoms with Crippen molar-refractivity contribution in [3.8, 4) is 0 Å². The van der Waals surface area contributed by atoms with Crippen LogP contribution in [-0.4, -0.2) is 38.0 Å². The maximum absolute atomic E-state index is 12.9. The quantitative estimate of drug-likeness (QED) is 0.741. The van der Waals surface area contributed by atoms with Gasteiger partial charge in [-0.2, -0.15) is 0 Å². The molecule has 0 saturated heterocycles. The van der Waals surface area contributed by atoms with Crippen molar-refractivity contribution in [2.45, 2.75) is 12.8 Å². The Morgan fingerprint density at radius 2 is 1.69 bits per heavy atom. The van der Waals surface area contributed by atoms with Crippen LogP contribution in [0.2, 0.25) is 5.02 Å². The molecule has 140 valence electrons. The molecule has 0 unspecified atom stereocenters. The fourth-order valence-corrected chi connectivity index (χ4v) is 3.30. The minimum absolute atomic E-state index is 0.00502. The van der Waals surface area contributed by atoms with Crippen molar-refractivity contribution in [1.82, 2.24) is 4.31 Å². The Labute approximate surface area is 157 Å². The summed E-state index contributed by atoms with van der Waals surface area (Å²) in [6.45, 7) is 0.337. The molecule has 8 heteroatoms. The summed E-state index contributed by atoms with van der Waals surface area (Å²) < 4.78 is 38.0. The van der Waals surface area contributed by atoms with Gasteiger partial charge in [0.1, 0.15) is 5.82 Å². The number of rotatable bonds is 8. The Balaban J connectivity index is 1.89. The Kier molecular flexibility index (Phi) is 7.14. The maximum atomic E-state index is 12.9. The van der Waals surface area contributed by atoms with Gasteiger partial charge in [-0.15, -0.1) is 0 Å². The van der Waals surface area contributed by atoms with Crippen molar-refractivity contribution >= 4 is 33.2 Å². The summed E-state index contributed by atoms with van der Waals surface area (Å²) in [5, 5.41) is 3.23. The van der Waals surface area contributed by atoms with Gasteiger partial charge in [0.05, 0.1) is 6.26 Å². The molecule has 0 radical (unpaired) electrons. The second-order valence-corrected chi connectivity index (χ2v) is 8.26. The van der Waals surface area contributed by atoms with Crippen LogP contribution < -0.4 is 5.32 Å². The van der Waals surface area contributed by atoms with Crippen LogP contribution in [0.3, 0.4) is 0 Å². The van der Waals surface area contributed by atoms with Gasteiger partial charge in [-0.3, -0.25) is 4.79 Å². The van der Waals surface area contributed by atoms with Gasteiger partial charge in [0.2, 0.25) is 15.9 Å². The number of hydrogen-bond acceptors (Lipinski definition) is 3. The normalized spacial score (nSPS) is 11.5. The van der Waals surface area contributed by atoms with Crippen LogP contribution in [0.1, 0.15) is 12.0 Å². The van der Waals surface area contributed by atoms with E-state index in [-0.39, 0.29) is 25.4 Å². The first-order valence-corrected chi connectivity index (χ1v) is 10.2. The number of halogens is 2. The molecule has 0 fully saturated rings. The summed E-state index contributed by atoms with van der Waals surface area (Å²) >= 11 is 5.84. The van der Waals surface area contributed by atoms with Crippen LogP contribution in [0.4, 0.5) is 10.1 Å². The van der Waals surface area contributed by atoms with E-state index in [2.05, 4.69) is 5.32 Å². The third-order valence-corrected chi connectivity index (χ3v) is 5.30. The number of benzene rings is 2. The van der Waals surface area contributed by atoms with Gasteiger partial charge in [-0.05, 0) is 48.4 Å². The van der Waals surface area contributed by atoms with E-state index in [0.717, 1.165) is 11.8 Å². The van der Waals surface area contributed by atoms with Crippen LogP contribution in [-0.2, 0) is 21.2 Å². The van der Waals surface area contributed by atoms with Gasteiger partial charge in [0, 0.05) is 30.2 Å². The summed E-state index contributed by atoms with van der Waals surface area (Å²) in [7, 11) is -3.44. The zero-order valence-corrected chi connectivity index (χ0v) is 15.9. The first kappa shape index (κ1) is 20.4. The summed E-state index contributed by atoms with van der Waals surface area (Å²) in [4.78, 5) is 12.0. The monoisotopic (exact) mass is 398 g/mol. The van der Waals surface area contributed by atoms with Crippen molar-refractivity contribution in [2.75, 3.05) is 24.7 Å². The highest BCUT2D eigenvalue weighted by atomic mass is 35.5. The second kappa shape index (κ2) is 9.12. The average molecular weight is 399 g/mol. The number of anilines is 1. The predicted octanol–water partition coefficient (Wildman–Crippen LogP) is 3.31. The Bertz CT molecular complexity index is 840. The minimum atomic E-state index is -3.44. The van der Waals surface area contributed by atoms with E-state index in [9.17, 15) is 17.6 Å². The molecule has 0 aliphatic heterocycles. The van der Waals surface area contributed by atoms with Gasteiger partial charge >= 0.3 is 0 Å². The molecule has 0 bridgehead atoms. The molecule has 1 N–H and O–H groups in total. The third-order valence-electron chi connectivity index (χ3n) is 3.75. The summed E-state index contributed by atoms with van der Waals surface area (Å²) in [6.07, 6.45) is 1.64. The number of amides is 1. The molecule has 0 spiro atoms. The largest absolute Gasteiger partial charge is 0.326 e. The van der Waals surface area contributed by atoms with E-state index in [1.165, 1.54) is 28.6 Å². The number of carbonyl (C=O) groups is 1. The van der Waals surface area contributed by atoms with Gasteiger partial charge < -0.3 is 5.32 Å². The number of sulfonamides is 1. The lowest BCUT2D eigenvalue weighted by Crippen LogP contribution is -2.34. The molecule has 1 amide bonds. The lowest BCUT2D eigenvalue weighted by molar-refractivity contribution is -0.116. The molecule has 0 heterocycles. The highest BCUT2D eigenvalue weighted by molar-refractivity contribution is 7.88. The third kappa shape index (κ3) is 6.74. The van der Waals surface area contributed by atoms with Crippen LogP contribution in [0.5, 0.6) is 0 Å². The van der Waals surface area contributed by atoms with Gasteiger partial charge in [-0.1, -0.05) is 23.7 Å². The first-order valence-electron chi connectivity index (χ1n) is 7.99.